The number of hydrogen-bond donors (Lipinski definition) is 2. The molecule has 0 spiro atoms. The third-order valence-electron chi connectivity index (χ3n) is 3.29. The Labute approximate surface area is 110 Å². The highest BCUT2D eigenvalue weighted by atomic mass is 32.2. The highest BCUT2D eigenvalue weighted by molar-refractivity contribution is 8.00. The minimum Gasteiger partial charge on any atom is -0.271 e. The third kappa shape index (κ3) is 1.92. The lowest BCUT2D eigenvalue weighted by atomic mass is 10.0. The summed E-state index contributed by atoms with van der Waals surface area (Å²) >= 11 is 1.86. The first-order valence-electron chi connectivity index (χ1n) is 5.85. The molecule has 1 aliphatic rings. The topological polar surface area (TPSA) is 68.8 Å². The quantitative estimate of drug-likeness (QED) is 0.638. The molecule has 3 rings (SSSR count). The van der Waals surface area contributed by atoms with Gasteiger partial charge in [0.1, 0.15) is 0 Å². The van der Waals surface area contributed by atoms with Crippen LogP contribution in [0.4, 0.5) is 0 Å². The molecule has 0 radical (unpaired) electrons. The van der Waals surface area contributed by atoms with E-state index < -0.39 is 0 Å². The van der Waals surface area contributed by atoms with Crippen LogP contribution in [-0.2, 0) is 13.5 Å². The molecule has 3 N–H and O–H groups in total. The molecule has 2 heterocycles. The van der Waals surface area contributed by atoms with Gasteiger partial charge in [-0.1, -0.05) is 23.4 Å². The Hall–Kier alpha value is -1.37. The Morgan fingerprint density at radius 1 is 1.50 bits per heavy atom. The van der Waals surface area contributed by atoms with Crippen molar-refractivity contribution in [2.24, 2.45) is 12.9 Å². The number of nitrogens with two attached hydrogens (primary N) is 1. The number of benzene rings is 1. The van der Waals surface area contributed by atoms with Crippen molar-refractivity contribution in [1.82, 2.24) is 20.4 Å². The van der Waals surface area contributed by atoms with Crippen LogP contribution in [0.3, 0.4) is 0 Å². The minimum absolute atomic E-state index is 0.0578. The van der Waals surface area contributed by atoms with Gasteiger partial charge in [-0.05, 0) is 18.1 Å². The van der Waals surface area contributed by atoms with Crippen molar-refractivity contribution in [2.45, 2.75) is 22.6 Å². The zero-order chi connectivity index (χ0) is 12.5. The Bertz CT molecular complexity index is 528. The maximum absolute atomic E-state index is 5.72. The van der Waals surface area contributed by atoms with Gasteiger partial charge in [-0.3, -0.25) is 16.0 Å². The summed E-state index contributed by atoms with van der Waals surface area (Å²) in [7, 11) is 1.89. The summed E-state index contributed by atoms with van der Waals surface area (Å²) in [5, 5.41) is 8.27. The van der Waals surface area contributed by atoms with E-state index in [2.05, 4.69) is 40.0 Å². The number of hydrazine groups is 1. The van der Waals surface area contributed by atoms with E-state index in [1.54, 1.807) is 10.9 Å². The summed E-state index contributed by atoms with van der Waals surface area (Å²) in [6, 6.07) is 8.55. The van der Waals surface area contributed by atoms with Crippen LogP contribution in [0.1, 0.15) is 17.3 Å². The van der Waals surface area contributed by atoms with Crippen molar-refractivity contribution in [2.75, 3.05) is 0 Å². The molecule has 0 saturated heterocycles. The van der Waals surface area contributed by atoms with E-state index in [1.165, 1.54) is 10.5 Å². The first-order chi connectivity index (χ1) is 8.79. The zero-order valence-electron chi connectivity index (χ0n) is 10.1. The number of nitrogens with one attached hydrogen (secondary N) is 1. The molecule has 1 aromatic heterocycles. The highest BCUT2D eigenvalue weighted by Crippen LogP contribution is 2.41. The number of thioether (sulfide) groups is 1. The molecular formula is C12H15N5S. The lowest BCUT2D eigenvalue weighted by molar-refractivity contribution is 0.493. The molecule has 18 heavy (non-hydrogen) atoms. The van der Waals surface area contributed by atoms with Crippen LogP contribution >= 0.6 is 11.8 Å². The minimum atomic E-state index is 0.0578. The molecule has 94 valence electrons. The molecule has 0 bridgehead atoms. The predicted molar refractivity (Wildman–Crippen MR) is 70.9 cm³/mol. The van der Waals surface area contributed by atoms with Crippen molar-refractivity contribution >= 4 is 11.8 Å². The Balaban J connectivity index is 1.86. The third-order valence-corrected chi connectivity index (χ3v) is 4.69. The molecular weight excluding hydrogens is 246 g/mol. The van der Waals surface area contributed by atoms with Crippen molar-refractivity contribution in [3.63, 3.8) is 0 Å². The van der Waals surface area contributed by atoms with Gasteiger partial charge >= 0.3 is 0 Å². The van der Waals surface area contributed by atoms with Gasteiger partial charge in [0.05, 0.1) is 17.9 Å². The summed E-state index contributed by atoms with van der Waals surface area (Å²) < 4.78 is 1.77. The summed E-state index contributed by atoms with van der Waals surface area (Å²) in [5.41, 5.74) is 5.31. The van der Waals surface area contributed by atoms with E-state index in [4.69, 9.17) is 5.84 Å². The Morgan fingerprint density at radius 3 is 3.00 bits per heavy atom. The smallest absolute Gasteiger partial charge is 0.0778 e. The van der Waals surface area contributed by atoms with Crippen molar-refractivity contribution in [3.8, 4) is 0 Å². The van der Waals surface area contributed by atoms with Crippen LogP contribution in [0.15, 0.2) is 35.4 Å². The number of fused-ring (bicyclic) bond motifs is 1. The second-order valence-corrected chi connectivity index (χ2v) is 5.68. The van der Waals surface area contributed by atoms with Crippen molar-refractivity contribution < 1.29 is 0 Å². The van der Waals surface area contributed by atoms with Gasteiger partial charge in [0, 0.05) is 17.2 Å². The van der Waals surface area contributed by atoms with E-state index in [9.17, 15) is 0 Å². The molecule has 2 aromatic rings. The van der Waals surface area contributed by atoms with Crippen LogP contribution in [0, 0.1) is 0 Å². The SMILES string of the molecule is Cn1nncc1C(NN)C1Cc2ccccc2S1. The van der Waals surface area contributed by atoms with Crippen LogP contribution in [0.5, 0.6) is 0 Å². The predicted octanol–water partition coefficient (Wildman–Crippen LogP) is 1.04. The molecule has 1 aromatic carbocycles. The fourth-order valence-electron chi connectivity index (χ4n) is 2.36. The number of aryl methyl sites for hydroxylation is 1. The number of hydrogen-bond acceptors (Lipinski definition) is 5. The van der Waals surface area contributed by atoms with Gasteiger partial charge in [-0.25, -0.2) is 0 Å². The molecule has 0 fully saturated rings. The lowest BCUT2D eigenvalue weighted by Gasteiger charge is -2.21. The second kappa shape index (κ2) is 4.72. The summed E-state index contributed by atoms with van der Waals surface area (Å²) in [6.45, 7) is 0. The molecule has 0 amide bonds. The van der Waals surface area contributed by atoms with E-state index in [1.807, 2.05) is 18.8 Å². The molecule has 5 nitrogen and oxygen atoms in total. The van der Waals surface area contributed by atoms with E-state index >= 15 is 0 Å². The van der Waals surface area contributed by atoms with Gasteiger partial charge in [0.2, 0.25) is 0 Å². The molecule has 0 saturated carbocycles. The van der Waals surface area contributed by atoms with E-state index in [0.29, 0.717) is 5.25 Å². The van der Waals surface area contributed by atoms with Gasteiger partial charge in [-0.15, -0.1) is 16.9 Å². The van der Waals surface area contributed by atoms with Gasteiger partial charge < -0.3 is 0 Å². The Kier molecular flexibility index (Phi) is 3.07. The largest absolute Gasteiger partial charge is 0.271 e. The first-order valence-corrected chi connectivity index (χ1v) is 6.73. The van der Waals surface area contributed by atoms with Gasteiger partial charge in [-0.2, -0.15) is 0 Å². The lowest BCUT2D eigenvalue weighted by Crippen LogP contribution is -2.36. The monoisotopic (exact) mass is 261 g/mol. The number of rotatable bonds is 3. The van der Waals surface area contributed by atoms with Crippen LogP contribution < -0.4 is 11.3 Å². The average molecular weight is 261 g/mol. The standard InChI is InChI=1S/C12H15N5S/c1-17-9(7-14-16-17)12(15-13)11-6-8-4-2-3-5-10(8)18-11/h2-5,7,11-12,15H,6,13H2,1H3. The van der Waals surface area contributed by atoms with Gasteiger partial charge in [0.15, 0.2) is 0 Å². The summed E-state index contributed by atoms with van der Waals surface area (Å²) in [5.74, 6) is 5.72. The maximum Gasteiger partial charge on any atom is 0.0778 e. The Morgan fingerprint density at radius 2 is 2.33 bits per heavy atom. The normalized spacial score (nSPS) is 19.8. The summed E-state index contributed by atoms with van der Waals surface area (Å²) in [4.78, 5) is 1.35. The molecule has 1 aliphatic heterocycles. The van der Waals surface area contributed by atoms with E-state index in [0.717, 1.165) is 12.1 Å². The molecule has 2 unspecified atom stereocenters. The zero-order valence-corrected chi connectivity index (χ0v) is 10.9. The fourth-order valence-corrected chi connectivity index (χ4v) is 3.76. The highest BCUT2D eigenvalue weighted by Gasteiger charge is 2.31. The number of nitrogens with zero attached hydrogens (tertiary/aromatic N) is 3. The second-order valence-electron chi connectivity index (χ2n) is 4.39. The summed E-state index contributed by atoms with van der Waals surface area (Å²) in [6.07, 6.45) is 2.79. The average Bonchev–Trinajstić information content (AvgIpc) is 2.97. The van der Waals surface area contributed by atoms with Gasteiger partial charge in [0.25, 0.3) is 0 Å². The number of aromatic nitrogens is 3. The van der Waals surface area contributed by atoms with E-state index in [-0.39, 0.29) is 6.04 Å². The van der Waals surface area contributed by atoms with Crippen LogP contribution in [0.25, 0.3) is 0 Å². The van der Waals surface area contributed by atoms with Crippen LogP contribution in [0.2, 0.25) is 0 Å². The molecule has 2 atom stereocenters. The fraction of sp³-hybridized carbons (Fsp3) is 0.333. The van der Waals surface area contributed by atoms with Crippen molar-refractivity contribution in [3.05, 3.63) is 41.7 Å². The molecule has 0 aliphatic carbocycles. The van der Waals surface area contributed by atoms with Crippen molar-refractivity contribution in [1.29, 1.82) is 0 Å². The maximum atomic E-state index is 5.72. The first kappa shape index (κ1) is 11.7. The van der Waals surface area contributed by atoms with Crippen LogP contribution in [-0.4, -0.2) is 20.2 Å². The molecule has 6 heteroatoms.